The minimum atomic E-state index is -3.53. The van der Waals surface area contributed by atoms with Crippen LogP contribution in [0.15, 0.2) is 23.1 Å². The Bertz CT molecular complexity index is 610. The van der Waals surface area contributed by atoms with Crippen LogP contribution in [0.25, 0.3) is 0 Å². The van der Waals surface area contributed by atoms with E-state index in [2.05, 4.69) is 0 Å². The molecule has 0 saturated carbocycles. The van der Waals surface area contributed by atoms with Gasteiger partial charge in [-0.15, -0.1) is 0 Å². The maximum atomic E-state index is 12.9. The lowest BCUT2D eigenvalue weighted by Gasteiger charge is -2.24. The number of nitrogens with zero attached hydrogens (tertiary/aromatic N) is 1. The van der Waals surface area contributed by atoms with Gasteiger partial charge in [-0.25, -0.2) is 8.42 Å². The lowest BCUT2D eigenvalue weighted by atomic mass is 10.2. The zero-order valence-corrected chi connectivity index (χ0v) is 14.7. The van der Waals surface area contributed by atoms with Crippen LogP contribution in [0, 0.1) is 19.8 Å². The molecule has 0 aliphatic rings. The van der Waals surface area contributed by atoms with E-state index < -0.39 is 10.0 Å². The first-order chi connectivity index (χ1) is 9.64. The number of thiocarbonyl (C=S) groups is 1. The molecule has 0 amide bonds. The van der Waals surface area contributed by atoms with E-state index in [4.69, 9.17) is 18.0 Å². The third-order valence-corrected chi connectivity index (χ3v) is 5.35. The van der Waals surface area contributed by atoms with Crippen LogP contribution in [0.3, 0.4) is 0 Å². The molecule has 0 aromatic heterocycles. The lowest BCUT2D eigenvalue weighted by molar-refractivity contribution is 0.374. The van der Waals surface area contributed by atoms with Crippen LogP contribution < -0.4 is 5.73 Å². The molecule has 2 N–H and O–H groups in total. The number of nitrogens with two attached hydrogens (primary N) is 1. The fraction of sp³-hybridized carbons (Fsp3) is 0.533. The third kappa shape index (κ3) is 5.05. The number of sulfonamides is 1. The van der Waals surface area contributed by atoms with Gasteiger partial charge in [0.1, 0.15) is 0 Å². The zero-order valence-electron chi connectivity index (χ0n) is 13.1. The molecule has 0 heterocycles. The van der Waals surface area contributed by atoms with Crippen molar-refractivity contribution in [2.45, 2.75) is 39.0 Å². The van der Waals surface area contributed by atoms with Gasteiger partial charge in [0.15, 0.2) is 0 Å². The summed E-state index contributed by atoms with van der Waals surface area (Å²) < 4.78 is 27.3. The summed E-state index contributed by atoms with van der Waals surface area (Å²) >= 11 is 4.87. The Labute approximate surface area is 133 Å². The normalized spacial score (nSPS) is 12.1. The van der Waals surface area contributed by atoms with E-state index in [1.54, 1.807) is 6.07 Å². The van der Waals surface area contributed by atoms with Crippen molar-refractivity contribution < 1.29 is 8.42 Å². The zero-order chi connectivity index (χ0) is 16.2. The number of aryl methyl sites for hydroxylation is 2. The Morgan fingerprint density at radius 2 is 1.95 bits per heavy atom. The second-order valence-electron chi connectivity index (χ2n) is 5.74. The summed E-state index contributed by atoms with van der Waals surface area (Å²) in [5.74, 6) is 0.233. The average molecular weight is 329 g/mol. The van der Waals surface area contributed by atoms with Crippen LogP contribution in [0.4, 0.5) is 0 Å². The molecule has 0 saturated heterocycles. The van der Waals surface area contributed by atoms with Gasteiger partial charge in [-0.3, -0.25) is 0 Å². The fourth-order valence-corrected chi connectivity index (χ4v) is 4.08. The van der Waals surface area contributed by atoms with Crippen LogP contribution in [0.5, 0.6) is 0 Å². The van der Waals surface area contributed by atoms with Crippen molar-refractivity contribution in [3.05, 3.63) is 29.3 Å². The van der Waals surface area contributed by atoms with Crippen LogP contribution in [0.1, 0.15) is 31.4 Å². The number of hydrogen-bond donors (Lipinski definition) is 1. The minimum absolute atomic E-state index is 0.233. The predicted octanol–water partition coefficient (Wildman–Crippen LogP) is 2.63. The van der Waals surface area contributed by atoms with Gasteiger partial charge >= 0.3 is 0 Å². The highest BCUT2D eigenvalue weighted by Crippen LogP contribution is 2.22. The SMILES string of the molecule is Cc1ccc(C)c(S(=O)(=O)N(CCC(N)=S)CC(C)C)c1. The number of rotatable bonds is 7. The first-order valence-electron chi connectivity index (χ1n) is 7.00. The largest absolute Gasteiger partial charge is 0.393 e. The summed E-state index contributed by atoms with van der Waals surface area (Å²) in [5, 5.41) is 0. The van der Waals surface area contributed by atoms with Crippen LogP contribution >= 0.6 is 12.2 Å². The fourth-order valence-electron chi connectivity index (χ4n) is 2.08. The quantitative estimate of drug-likeness (QED) is 0.782. The van der Waals surface area contributed by atoms with E-state index in [1.807, 2.05) is 39.8 Å². The second-order valence-corrected chi connectivity index (χ2v) is 8.17. The Morgan fingerprint density at radius 3 is 2.48 bits per heavy atom. The molecule has 4 nitrogen and oxygen atoms in total. The third-order valence-electron chi connectivity index (χ3n) is 3.14. The van der Waals surface area contributed by atoms with Crippen LogP contribution in [-0.2, 0) is 10.0 Å². The summed E-state index contributed by atoms with van der Waals surface area (Å²) in [7, 11) is -3.53. The second kappa shape index (κ2) is 7.33. The maximum absolute atomic E-state index is 12.9. The summed E-state index contributed by atoms with van der Waals surface area (Å²) in [6.45, 7) is 8.47. The van der Waals surface area contributed by atoms with Crippen molar-refractivity contribution in [2.75, 3.05) is 13.1 Å². The molecule has 1 rings (SSSR count). The van der Waals surface area contributed by atoms with E-state index in [9.17, 15) is 8.42 Å². The molecule has 0 fully saturated rings. The standard InChI is InChI=1S/C15H24N2O2S2/c1-11(2)10-17(8-7-15(16)20)21(18,19)14-9-12(3)5-6-13(14)4/h5-6,9,11H,7-8,10H2,1-4H3,(H2,16,20). The minimum Gasteiger partial charge on any atom is -0.393 e. The van der Waals surface area contributed by atoms with Gasteiger partial charge < -0.3 is 5.73 Å². The topological polar surface area (TPSA) is 63.4 Å². The van der Waals surface area contributed by atoms with Crippen molar-refractivity contribution >= 4 is 27.2 Å². The molecule has 1 aromatic carbocycles. The lowest BCUT2D eigenvalue weighted by Crippen LogP contribution is -2.36. The van der Waals surface area contributed by atoms with Gasteiger partial charge in [0, 0.05) is 19.5 Å². The molecular weight excluding hydrogens is 304 g/mol. The van der Waals surface area contributed by atoms with Crippen LogP contribution in [-0.4, -0.2) is 30.8 Å². The van der Waals surface area contributed by atoms with E-state index in [1.165, 1.54) is 4.31 Å². The van der Waals surface area contributed by atoms with Gasteiger partial charge in [-0.1, -0.05) is 38.2 Å². The van der Waals surface area contributed by atoms with Gasteiger partial charge in [0.2, 0.25) is 10.0 Å². The van der Waals surface area contributed by atoms with Crippen molar-refractivity contribution in [3.8, 4) is 0 Å². The molecule has 0 radical (unpaired) electrons. The Kier molecular flexibility index (Phi) is 6.31. The van der Waals surface area contributed by atoms with Gasteiger partial charge in [0.25, 0.3) is 0 Å². The number of benzene rings is 1. The van der Waals surface area contributed by atoms with Crippen molar-refractivity contribution in [3.63, 3.8) is 0 Å². The summed E-state index contributed by atoms with van der Waals surface area (Å²) in [5.41, 5.74) is 7.20. The molecule has 6 heteroatoms. The highest BCUT2D eigenvalue weighted by Gasteiger charge is 2.26. The molecule has 118 valence electrons. The van der Waals surface area contributed by atoms with Crippen LogP contribution in [0.2, 0.25) is 0 Å². The molecule has 0 spiro atoms. The Morgan fingerprint density at radius 1 is 1.33 bits per heavy atom. The molecule has 0 bridgehead atoms. The van der Waals surface area contributed by atoms with Gasteiger partial charge in [-0.2, -0.15) is 4.31 Å². The number of hydrogen-bond acceptors (Lipinski definition) is 3. The highest BCUT2D eigenvalue weighted by atomic mass is 32.2. The van der Waals surface area contributed by atoms with Crippen molar-refractivity contribution in [1.82, 2.24) is 4.31 Å². The highest BCUT2D eigenvalue weighted by molar-refractivity contribution is 7.89. The monoisotopic (exact) mass is 328 g/mol. The first kappa shape index (κ1) is 18.1. The smallest absolute Gasteiger partial charge is 0.243 e. The molecule has 21 heavy (non-hydrogen) atoms. The summed E-state index contributed by atoms with van der Waals surface area (Å²) in [6.07, 6.45) is 0.395. The Hall–Kier alpha value is -0.980. The van der Waals surface area contributed by atoms with Gasteiger partial charge in [-0.05, 0) is 37.0 Å². The van der Waals surface area contributed by atoms with E-state index in [0.29, 0.717) is 29.4 Å². The van der Waals surface area contributed by atoms with Gasteiger partial charge in [0.05, 0.1) is 9.88 Å². The van der Waals surface area contributed by atoms with E-state index in [-0.39, 0.29) is 5.92 Å². The molecule has 0 aliphatic heterocycles. The summed E-state index contributed by atoms with van der Waals surface area (Å²) in [4.78, 5) is 0.700. The molecule has 0 aliphatic carbocycles. The molecule has 1 aromatic rings. The molecule has 0 unspecified atom stereocenters. The van der Waals surface area contributed by atoms with Crippen molar-refractivity contribution in [2.24, 2.45) is 11.7 Å². The van der Waals surface area contributed by atoms with Crippen molar-refractivity contribution in [1.29, 1.82) is 0 Å². The average Bonchev–Trinajstić information content (AvgIpc) is 2.36. The maximum Gasteiger partial charge on any atom is 0.243 e. The molecular formula is C15H24N2O2S2. The predicted molar refractivity (Wildman–Crippen MR) is 90.9 cm³/mol. The first-order valence-corrected chi connectivity index (χ1v) is 8.85. The molecule has 0 atom stereocenters. The Balaban J connectivity index is 3.19. The van der Waals surface area contributed by atoms with E-state index in [0.717, 1.165) is 11.1 Å². The van der Waals surface area contributed by atoms with E-state index >= 15 is 0 Å². The summed E-state index contributed by atoms with van der Waals surface area (Å²) in [6, 6.07) is 5.47.